The van der Waals surface area contributed by atoms with E-state index in [2.05, 4.69) is 15.1 Å². The second kappa shape index (κ2) is 8.01. The first-order valence-electron chi connectivity index (χ1n) is 10.2. The Kier molecular flexibility index (Phi) is 5.08. The number of nitrogens with zero attached hydrogens (tertiary/aromatic N) is 3. The van der Waals surface area contributed by atoms with Gasteiger partial charge in [0.25, 0.3) is 5.56 Å². The van der Waals surface area contributed by atoms with Gasteiger partial charge in [-0.15, -0.1) is 0 Å². The van der Waals surface area contributed by atoms with E-state index in [0.717, 1.165) is 0 Å². The Morgan fingerprint density at radius 3 is 2.57 bits per heavy atom. The lowest BCUT2D eigenvalue weighted by Crippen LogP contribution is -2.20. The number of aromatic nitrogens is 4. The van der Waals surface area contributed by atoms with Crippen molar-refractivity contribution < 1.29 is 32.2 Å². The maximum absolute atomic E-state index is 13.9. The Balaban J connectivity index is 1.74. The summed E-state index contributed by atoms with van der Waals surface area (Å²) in [6.45, 7) is 0.880. The highest BCUT2D eigenvalue weighted by Gasteiger charge is 2.39. The number of nitrogens with one attached hydrogen (secondary N) is 1. The highest BCUT2D eigenvalue weighted by atomic mass is 19.4. The molecule has 0 radical (unpaired) electrons. The van der Waals surface area contributed by atoms with E-state index in [4.69, 9.17) is 14.3 Å². The van der Waals surface area contributed by atoms with Gasteiger partial charge in [0.15, 0.2) is 23.4 Å². The van der Waals surface area contributed by atoms with Crippen LogP contribution in [0, 0.1) is 6.92 Å². The van der Waals surface area contributed by atoms with Crippen LogP contribution in [-0.4, -0.2) is 37.3 Å². The molecule has 2 aromatic carbocycles. The number of oxazole rings is 1. The number of aliphatic carboxylic acids is 1. The van der Waals surface area contributed by atoms with Gasteiger partial charge in [-0.2, -0.15) is 22.8 Å². The molecule has 35 heavy (non-hydrogen) atoms. The van der Waals surface area contributed by atoms with E-state index in [1.807, 2.05) is 0 Å². The highest BCUT2D eigenvalue weighted by Crippen LogP contribution is 2.38. The predicted octanol–water partition coefficient (Wildman–Crippen LogP) is 4.29. The minimum Gasteiger partial charge on any atom is -0.479 e. The maximum atomic E-state index is 13.9. The van der Waals surface area contributed by atoms with Gasteiger partial charge >= 0.3 is 12.1 Å². The van der Waals surface area contributed by atoms with E-state index < -0.39 is 30.0 Å². The van der Waals surface area contributed by atoms with Crippen LogP contribution in [0.4, 0.5) is 13.2 Å². The zero-order valence-electron chi connectivity index (χ0n) is 17.9. The standard InChI is InChI=1S/C23H15F3N4O5/c1-11-16(21-28-18-13(34-10-15(31)32)8-5-9-14(18)35-21)22(33)30-20(27-11)17(12-6-3-2-4-7-12)19(29-30)23(24,25)26/h2-9,27H,10H2,1H3,(H,31,32). The van der Waals surface area contributed by atoms with Crippen LogP contribution in [0.15, 0.2) is 57.7 Å². The molecule has 12 heteroatoms. The zero-order chi connectivity index (χ0) is 24.9. The fraction of sp³-hybridized carbons (Fsp3) is 0.130. The average molecular weight is 484 g/mol. The van der Waals surface area contributed by atoms with Gasteiger partial charge in [0.05, 0.1) is 5.56 Å². The minimum absolute atomic E-state index is 0.111. The number of hydrogen-bond donors (Lipinski definition) is 2. The van der Waals surface area contributed by atoms with Gasteiger partial charge in [-0.1, -0.05) is 36.4 Å². The SMILES string of the molecule is Cc1[nH]c2c(-c3ccccc3)c(C(F)(F)F)nn2c(=O)c1-c1nc2c(OCC(=O)O)cccc2o1. The molecule has 0 aliphatic heterocycles. The Bertz CT molecular complexity index is 1650. The Morgan fingerprint density at radius 1 is 1.14 bits per heavy atom. The lowest BCUT2D eigenvalue weighted by atomic mass is 10.1. The molecule has 0 aliphatic rings. The van der Waals surface area contributed by atoms with Crippen molar-refractivity contribution in [2.45, 2.75) is 13.1 Å². The molecule has 0 amide bonds. The number of carboxylic acid groups (broad SMARTS) is 1. The Morgan fingerprint density at radius 2 is 1.89 bits per heavy atom. The van der Waals surface area contributed by atoms with Gasteiger partial charge in [-0.3, -0.25) is 4.79 Å². The van der Waals surface area contributed by atoms with Gasteiger partial charge < -0.3 is 19.2 Å². The zero-order valence-corrected chi connectivity index (χ0v) is 17.9. The van der Waals surface area contributed by atoms with Crippen molar-refractivity contribution in [1.82, 2.24) is 19.6 Å². The summed E-state index contributed by atoms with van der Waals surface area (Å²) < 4.78 is 53.1. The van der Waals surface area contributed by atoms with Crippen molar-refractivity contribution in [3.8, 4) is 28.3 Å². The van der Waals surface area contributed by atoms with Gasteiger partial charge in [0, 0.05) is 5.69 Å². The molecule has 0 saturated carbocycles. The topological polar surface area (TPSA) is 123 Å². The van der Waals surface area contributed by atoms with E-state index in [9.17, 15) is 22.8 Å². The number of aryl methyl sites for hydroxylation is 1. The van der Waals surface area contributed by atoms with Crippen molar-refractivity contribution in [1.29, 1.82) is 0 Å². The van der Waals surface area contributed by atoms with Crippen LogP contribution < -0.4 is 10.3 Å². The van der Waals surface area contributed by atoms with Crippen LogP contribution in [-0.2, 0) is 11.0 Å². The number of alkyl halides is 3. The first-order valence-corrected chi connectivity index (χ1v) is 10.2. The third kappa shape index (κ3) is 3.78. The molecule has 2 N–H and O–H groups in total. The number of aromatic amines is 1. The van der Waals surface area contributed by atoms with Crippen LogP contribution in [0.5, 0.6) is 5.75 Å². The van der Waals surface area contributed by atoms with Crippen LogP contribution in [0.1, 0.15) is 11.4 Å². The number of para-hydroxylation sites is 1. The van der Waals surface area contributed by atoms with Gasteiger partial charge in [-0.05, 0) is 24.6 Å². The molecule has 0 aliphatic carbocycles. The maximum Gasteiger partial charge on any atom is 0.435 e. The summed E-state index contributed by atoms with van der Waals surface area (Å²) in [5, 5.41) is 12.5. The molecule has 5 rings (SSSR count). The van der Waals surface area contributed by atoms with Gasteiger partial charge in [0.1, 0.15) is 17.0 Å². The van der Waals surface area contributed by atoms with Gasteiger partial charge in [-0.25, -0.2) is 9.78 Å². The molecule has 5 aromatic rings. The minimum atomic E-state index is -4.82. The van der Waals surface area contributed by atoms with Crippen LogP contribution >= 0.6 is 0 Å². The number of carbonyl (C=O) groups is 1. The van der Waals surface area contributed by atoms with Crippen LogP contribution in [0.3, 0.4) is 0 Å². The van der Waals surface area contributed by atoms with Gasteiger partial charge in [0.2, 0.25) is 5.89 Å². The Labute approximate surface area is 193 Å². The monoisotopic (exact) mass is 484 g/mol. The molecular formula is C23H15F3N4O5. The molecule has 0 fully saturated rings. The summed E-state index contributed by atoms with van der Waals surface area (Å²) in [5.74, 6) is -1.27. The number of H-pyrrole nitrogens is 1. The number of rotatable bonds is 5. The molecule has 0 atom stereocenters. The highest BCUT2D eigenvalue weighted by molar-refractivity contribution is 5.84. The van der Waals surface area contributed by atoms with E-state index in [1.54, 1.807) is 24.3 Å². The number of hydrogen-bond acceptors (Lipinski definition) is 6. The predicted molar refractivity (Wildman–Crippen MR) is 117 cm³/mol. The third-order valence-corrected chi connectivity index (χ3v) is 5.25. The van der Waals surface area contributed by atoms with Crippen molar-refractivity contribution in [3.63, 3.8) is 0 Å². The smallest absolute Gasteiger partial charge is 0.435 e. The second-order valence-electron chi connectivity index (χ2n) is 7.58. The summed E-state index contributed by atoms with van der Waals surface area (Å²) in [6, 6.07) is 12.4. The number of carboxylic acids is 1. The molecule has 3 heterocycles. The van der Waals surface area contributed by atoms with Crippen molar-refractivity contribution >= 4 is 22.7 Å². The first kappa shape index (κ1) is 22.2. The van der Waals surface area contributed by atoms with Crippen molar-refractivity contribution in [2.75, 3.05) is 6.61 Å². The van der Waals surface area contributed by atoms with E-state index in [0.29, 0.717) is 4.52 Å². The van der Waals surface area contributed by atoms with Crippen LogP contribution in [0.2, 0.25) is 0 Å². The number of fused-ring (bicyclic) bond motifs is 2. The van der Waals surface area contributed by atoms with E-state index in [1.165, 1.54) is 31.2 Å². The normalized spacial score (nSPS) is 11.9. The number of benzene rings is 2. The molecule has 0 unspecified atom stereocenters. The summed E-state index contributed by atoms with van der Waals surface area (Å²) in [6.07, 6.45) is -4.82. The van der Waals surface area contributed by atoms with E-state index >= 15 is 0 Å². The lowest BCUT2D eigenvalue weighted by molar-refractivity contribution is -0.141. The molecule has 178 valence electrons. The number of ether oxygens (including phenoxy) is 1. The second-order valence-corrected chi connectivity index (χ2v) is 7.58. The summed E-state index contributed by atoms with van der Waals surface area (Å²) >= 11 is 0. The van der Waals surface area contributed by atoms with Crippen molar-refractivity contribution in [2.24, 2.45) is 0 Å². The largest absolute Gasteiger partial charge is 0.479 e. The first-order chi connectivity index (χ1) is 16.6. The van der Waals surface area contributed by atoms with E-state index in [-0.39, 0.29) is 50.8 Å². The average Bonchev–Trinajstić information content (AvgIpc) is 3.40. The molecule has 0 spiro atoms. The summed E-state index contributed by atoms with van der Waals surface area (Å²) in [4.78, 5) is 31.3. The quantitative estimate of drug-likeness (QED) is 0.382. The molecular weight excluding hydrogens is 469 g/mol. The summed E-state index contributed by atoms with van der Waals surface area (Å²) in [7, 11) is 0. The molecule has 3 aromatic heterocycles. The Hall–Kier alpha value is -4.61. The fourth-order valence-corrected chi connectivity index (χ4v) is 3.80. The fourth-order valence-electron chi connectivity index (χ4n) is 3.80. The third-order valence-electron chi connectivity index (χ3n) is 5.25. The number of halogens is 3. The molecule has 9 nitrogen and oxygen atoms in total. The summed E-state index contributed by atoms with van der Waals surface area (Å²) in [5.41, 5.74) is -1.81. The molecule has 0 bridgehead atoms. The lowest BCUT2D eigenvalue weighted by Gasteiger charge is -2.07. The van der Waals surface area contributed by atoms with Crippen molar-refractivity contribution in [3.05, 3.63) is 70.3 Å². The molecule has 0 saturated heterocycles. The van der Waals surface area contributed by atoms with Crippen LogP contribution in [0.25, 0.3) is 39.3 Å².